The van der Waals surface area contributed by atoms with E-state index >= 15 is 0 Å². The molecule has 0 fully saturated rings. The topological polar surface area (TPSA) is 52.9 Å². The molecule has 134 valence electrons. The van der Waals surface area contributed by atoms with Crippen LogP contribution in [-0.4, -0.2) is 30.1 Å². The van der Waals surface area contributed by atoms with E-state index in [1.54, 1.807) is 0 Å². The maximum atomic E-state index is 13.1. The summed E-state index contributed by atoms with van der Waals surface area (Å²) in [4.78, 5) is 13.1. The van der Waals surface area contributed by atoms with Gasteiger partial charge < -0.3 is 0 Å². The molecular formula is C20H33N2OP. The Bertz CT molecular complexity index is 583. The summed E-state index contributed by atoms with van der Waals surface area (Å²) in [7, 11) is -1.60. The third-order valence-electron chi connectivity index (χ3n) is 5.66. The average Bonchev–Trinajstić information content (AvgIpc) is 2.58. The molecule has 1 aromatic carbocycles. The number of nitriles is 1. The SMILES string of the molecule is CCCC(C(=O)Nc1c(C)cc(C#N)cc1C)[PH](CC)(CC)CC. The van der Waals surface area contributed by atoms with Gasteiger partial charge in [0.1, 0.15) is 0 Å². The first-order valence-electron chi connectivity index (χ1n) is 9.21. The second kappa shape index (κ2) is 9.19. The molecule has 0 saturated heterocycles. The van der Waals surface area contributed by atoms with Crippen LogP contribution in [0.5, 0.6) is 0 Å². The van der Waals surface area contributed by atoms with Gasteiger partial charge in [0.25, 0.3) is 0 Å². The summed E-state index contributed by atoms with van der Waals surface area (Å²) in [5.41, 5.74) is 3.62. The number of carbonyl (C=O) groups is 1. The Kier molecular flexibility index (Phi) is 7.91. The van der Waals surface area contributed by atoms with Crippen LogP contribution in [-0.2, 0) is 4.79 Å². The summed E-state index contributed by atoms with van der Waals surface area (Å²) in [6.07, 6.45) is 5.48. The van der Waals surface area contributed by atoms with Crippen molar-refractivity contribution in [2.75, 3.05) is 23.8 Å². The molecule has 0 aliphatic rings. The zero-order chi connectivity index (χ0) is 18.3. The minimum absolute atomic E-state index is 0.164. The van der Waals surface area contributed by atoms with E-state index in [2.05, 4.69) is 39.1 Å². The van der Waals surface area contributed by atoms with Crippen LogP contribution in [0.1, 0.15) is 57.2 Å². The number of aryl methyl sites for hydroxylation is 2. The van der Waals surface area contributed by atoms with Crippen molar-refractivity contribution < 1.29 is 4.79 Å². The van der Waals surface area contributed by atoms with Crippen molar-refractivity contribution in [1.82, 2.24) is 0 Å². The Labute approximate surface area is 148 Å². The monoisotopic (exact) mass is 348 g/mol. The normalized spacial score (nSPS) is 13.2. The van der Waals surface area contributed by atoms with Crippen LogP contribution in [0.4, 0.5) is 5.69 Å². The van der Waals surface area contributed by atoms with E-state index < -0.39 is 7.26 Å². The molecule has 0 aliphatic heterocycles. The van der Waals surface area contributed by atoms with Crippen LogP contribution in [0, 0.1) is 25.2 Å². The van der Waals surface area contributed by atoms with Gasteiger partial charge in [0.05, 0.1) is 0 Å². The predicted molar refractivity (Wildman–Crippen MR) is 108 cm³/mol. The fourth-order valence-electron chi connectivity index (χ4n) is 3.93. The number of hydrogen-bond acceptors (Lipinski definition) is 2. The number of nitrogens with zero attached hydrogens (tertiary/aromatic N) is 1. The molecule has 0 aromatic heterocycles. The standard InChI is InChI=1S/C20H33N2OP/c1-7-11-18(24(8-2,9-3)10-4)20(23)22-19-15(5)12-17(14-21)13-16(19)6/h12-13,18,24H,7-11H2,1-6H3,(H,22,23). The van der Waals surface area contributed by atoms with Crippen molar-refractivity contribution >= 4 is 18.9 Å². The van der Waals surface area contributed by atoms with Gasteiger partial charge in [-0.05, 0) is 0 Å². The van der Waals surface area contributed by atoms with E-state index in [0.29, 0.717) is 5.56 Å². The van der Waals surface area contributed by atoms with E-state index in [-0.39, 0.29) is 11.6 Å². The molecule has 0 aliphatic carbocycles. The van der Waals surface area contributed by atoms with Crippen LogP contribution < -0.4 is 5.32 Å². The molecule has 0 radical (unpaired) electrons. The molecule has 1 aromatic rings. The molecule has 0 bridgehead atoms. The van der Waals surface area contributed by atoms with Gasteiger partial charge in [0.2, 0.25) is 0 Å². The number of anilines is 1. The van der Waals surface area contributed by atoms with Crippen LogP contribution >= 0.6 is 7.26 Å². The van der Waals surface area contributed by atoms with Crippen LogP contribution in [0.15, 0.2) is 12.1 Å². The summed E-state index contributed by atoms with van der Waals surface area (Å²) in [6, 6.07) is 5.88. The Morgan fingerprint density at radius 1 is 1.12 bits per heavy atom. The predicted octanol–water partition coefficient (Wildman–Crippen LogP) is 5.09. The van der Waals surface area contributed by atoms with Gasteiger partial charge in [-0.2, -0.15) is 0 Å². The molecule has 1 N–H and O–H groups in total. The summed E-state index contributed by atoms with van der Waals surface area (Å²) >= 11 is 0. The van der Waals surface area contributed by atoms with Crippen LogP contribution in [0.2, 0.25) is 0 Å². The van der Waals surface area contributed by atoms with Crippen molar-refractivity contribution in [3.63, 3.8) is 0 Å². The molecule has 1 rings (SSSR count). The van der Waals surface area contributed by atoms with Crippen molar-refractivity contribution in [3.8, 4) is 6.07 Å². The molecule has 24 heavy (non-hydrogen) atoms. The van der Waals surface area contributed by atoms with Gasteiger partial charge in [0.15, 0.2) is 0 Å². The average molecular weight is 348 g/mol. The van der Waals surface area contributed by atoms with Crippen LogP contribution in [0.25, 0.3) is 0 Å². The third kappa shape index (κ3) is 4.37. The van der Waals surface area contributed by atoms with Gasteiger partial charge in [-0.1, -0.05) is 0 Å². The second-order valence-electron chi connectivity index (χ2n) is 6.85. The quantitative estimate of drug-likeness (QED) is 0.665. The first kappa shape index (κ1) is 20.7. The number of nitrogens with one attached hydrogen (secondary N) is 1. The van der Waals surface area contributed by atoms with E-state index in [1.165, 1.54) is 0 Å². The van der Waals surface area contributed by atoms with E-state index in [9.17, 15) is 4.79 Å². The Morgan fingerprint density at radius 3 is 2.00 bits per heavy atom. The van der Waals surface area contributed by atoms with Gasteiger partial charge in [0, 0.05) is 0 Å². The molecule has 1 atom stereocenters. The van der Waals surface area contributed by atoms with Crippen LogP contribution in [0.3, 0.4) is 0 Å². The van der Waals surface area contributed by atoms with E-state index in [0.717, 1.165) is 48.1 Å². The first-order valence-corrected chi connectivity index (χ1v) is 11.9. The van der Waals surface area contributed by atoms with Crippen molar-refractivity contribution in [2.24, 2.45) is 0 Å². The fraction of sp³-hybridized carbons (Fsp3) is 0.600. The maximum absolute atomic E-state index is 13.1. The zero-order valence-corrected chi connectivity index (χ0v) is 17.1. The minimum atomic E-state index is -1.60. The molecule has 0 heterocycles. The molecule has 1 unspecified atom stereocenters. The molecule has 3 nitrogen and oxygen atoms in total. The second-order valence-corrected chi connectivity index (χ2v) is 12.4. The number of hydrogen-bond donors (Lipinski definition) is 1. The van der Waals surface area contributed by atoms with Gasteiger partial charge >= 0.3 is 148 Å². The first-order chi connectivity index (χ1) is 11.4. The Hall–Kier alpha value is -1.39. The fourth-order valence-corrected chi connectivity index (χ4v) is 8.44. The zero-order valence-electron chi connectivity index (χ0n) is 16.1. The van der Waals surface area contributed by atoms with E-state index in [1.807, 2.05) is 26.0 Å². The molecule has 4 heteroatoms. The number of benzene rings is 1. The summed E-state index contributed by atoms with van der Waals surface area (Å²) in [6.45, 7) is 12.9. The molecule has 0 saturated carbocycles. The van der Waals surface area contributed by atoms with Gasteiger partial charge in [-0.25, -0.2) is 0 Å². The van der Waals surface area contributed by atoms with Crippen molar-refractivity contribution in [3.05, 3.63) is 28.8 Å². The Balaban J connectivity index is 3.17. The summed E-state index contributed by atoms with van der Waals surface area (Å²) < 4.78 is 0. The third-order valence-corrected chi connectivity index (χ3v) is 11.9. The molecule has 1 amide bonds. The Morgan fingerprint density at radius 2 is 1.62 bits per heavy atom. The van der Waals surface area contributed by atoms with E-state index in [4.69, 9.17) is 5.26 Å². The number of carbonyl (C=O) groups excluding carboxylic acids is 1. The number of amides is 1. The van der Waals surface area contributed by atoms with Crippen molar-refractivity contribution in [1.29, 1.82) is 5.26 Å². The van der Waals surface area contributed by atoms with Gasteiger partial charge in [-0.3, -0.25) is 0 Å². The molecule has 0 spiro atoms. The summed E-state index contributed by atoms with van der Waals surface area (Å²) in [5, 5.41) is 12.3. The molecular weight excluding hydrogens is 315 g/mol. The van der Waals surface area contributed by atoms with Gasteiger partial charge in [-0.15, -0.1) is 0 Å². The number of rotatable bonds is 8. The summed E-state index contributed by atoms with van der Waals surface area (Å²) in [5.74, 6) is 0.185. The van der Waals surface area contributed by atoms with Crippen molar-refractivity contribution in [2.45, 2.75) is 60.0 Å².